The van der Waals surface area contributed by atoms with E-state index < -0.39 is 0 Å². The molecule has 1 aliphatic rings. The number of nitrogens with one attached hydrogen (secondary N) is 2. The molecule has 148 valence electrons. The molecule has 1 aliphatic heterocycles. The average molecular weight is 380 g/mol. The molecule has 1 atom stereocenters. The Morgan fingerprint density at radius 3 is 2.89 bits per heavy atom. The standard InChI is InChI=1S/C21H28N6O/c1-5-7-15(2)12-18-13-23-20(24-18)25-21(28)27-11-10-26(14-17(27)4)19-16(3)8-6-9-22-19/h5-9,12-13,17H,10-11,14H2,1-4H3,(H2,23,24,25,28)/b7-5-,15-12-. The number of aromatic amines is 1. The second-order valence-electron chi connectivity index (χ2n) is 7.14. The number of carbonyl (C=O) groups excluding carboxylic acids is 1. The molecule has 2 aromatic rings. The molecule has 0 aromatic carbocycles. The molecule has 28 heavy (non-hydrogen) atoms. The molecule has 7 nitrogen and oxygen atoms in total. The fraction of sp³-hybridized carbons (Fsp3) is 0.381. The van der Waals surface area contributed by atoms with E-state index in [1.165, 1.54) is 0 Å². The van der Waals surface area contributed by atoms with Gasteiger partial charge < -0.3 is 14.8 Å². The maximum absolute atomic E-state index is 12.7. The average Bonchev–Trinajstić information content (AvgIpc) is 3.08. The Bertz CT molecular complexity index is 885. The molecular weight excluding hydrogens is 352 g/mol. The normalized spacial score (nSPS) is 18.0. The van der Waals surface area contributed by atoms with Crippen molar-refractivity contribution < 1.29 is 4.79 Å². The summed E-state index contributed by atoms with van der Waals surface area (Å²) >= 11 is 0. The summed E-state index contributed by atoms with van der Waals surface area (Å²) in [7, 11) is 0. The number of anilines is 2. The summed E-state index contributed by atoms with van der Waals surface area (Å²) in [6, 6.07) is 3.94. The van der Waals surface area contributed by atoms with Gasteiger partial charge in [-0.1, -0.05) is 18.2 Å². The first kappa shape index (κ1) is 19.7. The fourth-order valence-electron chi connectivity index (χ4n) is 3.46. The number of carbonyl (C=O) groups is 1. The Hall–Kier alpha value is -3.09. The van der Waals surface area contributed by atoms with Gasteiger partial charge in [-0.2, -0.15) is 0 Å². The van der Waals surface area contributed by atoms with Crippen LogP contribution in [-0.4, -0.2) is 51.6 Å². The predicted octanol–water partition coefficient (Wildman–Crippen LogP) is 3.84. The van der Waals surface area contributed by atoms with Crippen molar-refractivity contribution in [1.29, 1.82) is 0 Å². The number of piperazine rings is 1. The molecule has 3 heterocycles. The van der Waals surface area contributed by atoms with Crippen molar-refractivity contribution in [2.75, 3.05) is 29.9 Å². The molecule has 2 amide bonds. The van der Waals surface area contributed by atoms with Crippen molar-refractivity contribution in [2.45, 2.75) is 33.7 Å². The van der Waals surface area contributed by atoms with Crippen molar-refractivity contribution in [1.82, 2.24) is 19.9 Å². The number of urea groups is 1. The zero-order valence-electron chi connectivity index (χ0n) is 16.9. The number of allylic oxidation sites excluding steroid dienone is 3. The number of hydrogen-bond acceptors (Lipinski definition) is 4. The molecule has 3 rings (SSSR count). The Morgan fingerprint density at radius 1 is 1.36 bits per heavy atom. The third kappa shape index (κ3) is 4.60. The van der Waals surface area contributed by atoms with Crippen LogP contribution < -0.4 is 10.2 Å². The first-order valence-corrected chi connectivity index (χ1v) is 9.58. The number of hydrogen-bond donors (Lipinski definition) is 2. The van der Waals surface area contributed by atoms with Crippen molar-refractivity contribution in [3.63, 3.8) is 0 Å². The number of nitrogens with zero attached hydrogens (tertiary/aromatic N) is 4. The smallest absolute Gasteiger partial charge is 0.324 e. The van der Waals surface area contributed by atoms with Crippen molar-refractivity contribution in [3.8, 4) is 0 Å². The molecule has 0 spiro atoms. The van der Waals surface area contributed by atoms with Crippen molar-refractivity contribution in [3.05, 3.63) is 53.5 Å². The maximum atomic E-state index is 12.7. The van der Waals surface area contributed by atoms with E-state index in [2.05, 4.69) is 45.1 Å². The fourth-order valence-corrected chi connectivity index (χ4v) is 3.46. The quantitative estimate of drug-likeness (QED) is 0.790. The van der Waals surface area contributed by atoms with E-state index in [1.54, 1.807) is 6.20 Å². The molecule has 0 aliphatic carbocycles. The van der Waals surface area contributed by atoms with Gasteiger partial charge in [-0.05, 0) is 51.0 Å². The Balaban J connectivity index is 1.61. The summed E-state index contributed by atoms with van der Waals surface area (Å²) in [5.74, 6) is 1.45. The minimum atomic E-state index is -0.139. The number of pyridine rings is 1. The van der Waals surface area contributed by atoms with Crippen LogP contribution in [0.25, 0.3) is 6.08 Å². The maximum Gasteiger partial charge on any atom is 0.324 e. The Kier molecular flexibility index (Phi) is 6.13. The number of rotatable bonds is 4. The molecule has 0 bridgehead atoms. The van der Waals surface area contributed by atoms with E-state index >= 15 is 0 Å². The summed E-state index contributed by atoms with van der Waals surface area (Å²) in [5, 5.41) is 2.87. The minimum Gasteiger partial charge on any atom is -0.353 e. The summed E-state index contributed by atoms with van der Waals surface area (Å²) in [4.78, 5) is 28.7. The monoisotopic (exact) mass is 380 g/mol. The topological polar surface area (TPSA) is 77.2 Å². The van der Waals surface area contributed by atoms with E-state index in [9.17, 15) is 4.79 Å². The van der Waals surface area contributed by atoms with Crippen LogP contribution in [-0.2, 0) is 0 Å². The lowest BCUT2D eigenvalue weighted by Gasteiger charge is -2.40. The van der Waals surface area contributed by atoms with Gasteiger partial charge in [-0.25, -0.2) is 14.8 Å². The SMILES string of the molecule is C/C=C\C(C)=C/c1cnc(NC(=O)N2CCN(c3ncccc3C)CC2C)[nH]1. The molecule has 2 aromatic heterocycles. The van der Waals surface area contributed by atoms with Crippen LogP contribution in [0.1, 0.15) is 32.0 Å². The van der Waals surface area contributed by atoms with Gasteiger partial charge in [0.25, 0.3) is 0 Å². The predicted molar refractivity (Wildman–Crippen MR) is 113 cm³/mol. The molecule has 1 fully saturated rings. The minimum absolute atomic E-state index is 0.0708. The molecular formula is C21H28N6O. The number of H-pyrrole nitrogens is 1. The zero-order chi connectivity index (χ0) is 20.1. The van der Waals surface area contributed by atoms with Gasteiger partial charge in [0.05, 0.1) is 11.9 Å². The van der Waals surface area contributed by atoms with Gasteiger partial charge in [0.15, 0.2) is 0 Å². The van der Waals surface area contributed by atoms with Crippen LogP contribution in [0.5, 0.6) is 0 Å². The Labute approximate surface area is 166 Å². The van der Waals surface area contributed by atoms with Crippen LogP contribution in [0.4, 0.5) is 16.6 Å². The molecule has 0 saturated carbocycles. The largest absolute Gasteiger partial charge is 0.353 e. The van der Waals surface area contributed by atoms with E-state index in [4.69, 9.17) is 0 Å². The van der Waals surface area contributed by atoms with Gasteiger partial charge >= 0.3 is 6.03 Å². The third-order valence-corrected chi connectivity index (χ3v) is 4.80. The summed E-state index contributed by atoms with van der Waals surface area (Å²) < 4.78 is 0. The van der Waals surface area contributed by atoms with Gasteiger partial charge in [-0.15, -0.1) is 0 Å². The summed E-state index contributed by atoms with van der Waals surface area (Å²) in [5.41, 5.74) is 3.12. The number of amides is 2. The van der Waals surface area contributed by atoms with E-state index in [-0.39, 0.29) is 12.1 Å². The lowest BCUT2D eigenvalue weighted by molar-refractivity contribution is 0.184. The molecule has 2 N–H and O–H groups in total. The molecule has 1 saturated heterocycles. The highest BCUT2D eigenvalue weighted by atomic mass is 16.2. The molecule has 7 heteroatoms. The highest BCUT2D eigenvalue weighted by Gasteiger charge is 2.29. The van der Waals surface area contributed by atoms with Crippen LogP contribution in [0, 0.1) is 6.92 Å². The van der Waals surface area contributed by atoms with E-state index in [0.717, 1.165) is 35.7 Å². The van der Waals surface area contributed by atoms with Crippen LogP contribution >= 0.6 is 0 Å². The van der Waals surface area contributed by atoms with E-state index in [1.807, 2.05) is 49.2 Å². The van der Waals surface area contributed by atoms with Gasteiger partial charge in [0.2, 0.25) is 5.95 Å². The van der Waals surface area contributed by atoms with Crippen LogP contribution in [0.2, 0.25) is 0 Å². The van der Waals surface area contributed by atoms with E-state index in [0.29, 0.717) is 12.5 Å². The van der Waals surface area contributed by atoms with Gasteiger partial charge in [0, 0.05) is 31.9 Å². The van der Waals surface area contributed by atoms with Gasteiger partial charge in [-0.3, -0.25) is 5.32 Å². The molecule has 1 unspecified atom stereocenters. The highest BCUT2D eigenvalue weighted by molar-refractivity contribution is 5.88. The van der Waals surface area contributed by atoms with Crippen LogP contribution in [0.3, 0.4) is 0 Å². The number of aryl methyl sites for hydroxylation is 1. The Morgan fingerprint density at radius 2 is 2.18 bits per heavy atom. The third-order valence-electron chi connectivity index (χ3n) is 4.80. The number of aromatic nitrogens is 3. The first-order chi connectivity index (χ1) is 13.5. The lowest BCUT2D eigenvalue weighted by atomic mass is 10.1. The number of imidazole rings is 1. The van der Waals surface area contributed by atoms with Crippen molar-refractivity contribution >= 4 is 23.9 Å². The second kappa shape index (κ2) is 8.73. The van der Waals surface area contributed by atoms with Crippen LogP contribution in [0.15, 0.2) is 42.3 Å². The van der Waals surface area contributed by atoms with Gasteiger partial charge in [0.1, 0.15) is 5.82 Å². The highest BCUT2D eigenvalue weighted by Crippen LogP contribution is 2.21. The lowest BCUT2D eigenvalue weighted by Crippen LogP contribution is -2.55. The summed E-state index contributed by atoms with van der Waals surface area (Å²) in [6.45, 7) is 10.3. The van der Waals surface area contributed by atoms with Crippen molar-refractivity contribution in [2.24, 2.45) is 0 Å². The summed E-state index contributed by atoms with van der Waals surface area (Å²) in [6.07, 6.45) is 9.52. The first-order valence-electron chi connectivity index (χ1n) is 9.58. The second-order valence-corrected chi connectivity index (χ2v) is 7.14. The zero-order valence-corrected chi connectivity index (χ0v) is 16.9. The molecule has 0 radical (unpaired) electrons.